The van der Waals surface area contributed by atoms with E-state index in [0.717, 1.165) is 0 Å². The van der Waals surface area contributed by atoms with Crippen molar-refractivity contribution in [2.24, 2.45) is 0 Å². The third-order valence-electron chi connectivity index (χ3n) is 1.70. The molecule has 0 radical (unpaired) electrons. The Morgan fingerprint density at radius 3 is 2.54 bits per heavy atom. The van der Waals surface area contributed by atoms with Crippen molar-refractivity contribution in [1.82, 2.24) is 9.62 Å². The summed E-state index contributed by atoms with van der Waals surface area (Å²) in [5, 5.41) is 2.89. The van der Waals surface area contributed by atoms with Crippen molar-refractivity contribution in [3.63, 3.8) is 0 Å². The monoisotopic (exact) mass is 210 g/mol. The Labute approximate surface area is 80.1 Å². The molecular weight excluding hydrogens is 192 g/mol. The molecule has 13 heavy (non-hydrogen) atoms. The van der Waals surface area contributed by atoms with Crippen molar-refractivity contribution in [2.45, 2.75) is 0 Å². The van der Waals surface area contributed by atoms with E-state index in [-0.39, 0.29) is 12.4 Å². The predicted molar refractivity (Wildman–Crippen MR) is 52.2 cm³/mol. The molecule has 0 aliphatic carbocycles. The van der Waals surface area contributed by atoms with Gasteiger partial charge in [0.1, 0.15) is 0 Å². The topological polar surface area (TPSA) is 58.6 Å². The first-order valence-corrected chi connectivity index (χ1v) is 5.73. The Kier molecular flexibility index (Phi) is 6.23. The summed E-state index contributed by atoms with van der Waals surface area (Å²) in [6, 6.07) is 0. The van der Waals surface area contributed by atoms with Crippen molar-refractivity contribution in [2.75, 3.05) is 46.7 Å². The molecule has 0 rings (SSSR count). The minimum Gasteiger partial charge on any atom is -0.384 e. The van der Waals surface area contributed by atoms with Crippen molar-refractivity contribution in [1.29, 1.82) is 0 Å². The van der Waals surface area contributed by atoms with Gasteiger partial charge in [-0.3, -0.25) is 0 Å². The number of nitrogens with zero attached hydrogens (tertiary/aromatic N) is 1. The van der Waals surface area contributed by atoms with Crippen LogP contribution in [0.25, 0.3) is 0 Å². The number of nitrogens with one attached hydrogen (secondary N) is 1. The van der Waals surface area contributed by atoms with Gasteiger partial charge in [0.2, 0.25) is 10.0 Å². The van der Waals surface area contributed by atoms with Gasteiger partial charge >= 0.3 is 0 Å². The highest BCUT2D eigenvalue weighted by atomic mass is 32.2. The molecule has 1 N–H and O–H groups in total. The summed E-state index contributed by atoms with van der Waals surface area (Å²) in [6.07, 6.45) is 0. The van der Waals surface area contributed by atoms with Gasteiger partial charge < -0.3 is 10.1 Å². The van der Waals surface area contributed by atoms with Crippen LogP contribution in [-0.2, 0) is 14.8 Å². The molecule has 0 bridgehead atoms. The number of sulfonamides is 1. The Balaban J connectivity index is 3.96. The van der Waals surface area contributed by atoms with Crippen LogP contribution in [0.2, 0.25) is 0 Å². The van der Waals surface area contributed by atoms with Crippen LogP contribution in [-0.4, -0.2) is 59.4 Å². The maximum absolute atomic E-state index is 11.4. The smallest absolute Gasteiger partial charge is 0.216 e. The van der Waals surface area contributed by atoms with Gasteiger partial charge in [0.15, 0.2) is 0 Å². The molecule has 0 unspecified atom stereocenters. The Morgan fingerprint density at radius 2 is 2.08 bits per heavy atom. The summed E-state index contributed by atoms with van der Waals surface area (Å²) in [6.45, 7) is 1.39. The van der Waals surface area contributed by atoms with Crippen molar-refractivity contribution in [3.05, 3.63) is 0 Å². The second kappa shape index (κ2) is 6.31. The molecule has 0 aromatic heterocycles. The number of methoxy groups -OCH3 is 1. The zero-order valence-electron chi connectivity index (χ0n) is 8.41. The minimum atomic E-state index is -3.13. The highest BCUT2D eigenvalue weighted by molar-refractivity contribution is 7.89. The fraction of sp³-hybridized carbons (Fsp3) is 1.00. The molecule has 0 amide bonds. The average molecular weight is 210 g/mol. The standard InChI is InChI=1S/C7H18N2O3S/c1-8-4-5-9(2)13(10,11)7-6-12-3/h8H,4-7H2,1-3H3. The van der Waals surface area contributed by atoms with Crippen molar-refractivity contribution in [3.8, 4) is 0 Å². The molecule has 0 heterocycles. The summed E-state index contributed by atoms with van der Waals surface area (Å²) in [5.41, 5.74) is 0. The maximum Gasteiger partial charge on any atom is 0.216 e. The van der Waals surface area contributed by atoms with Gasteiger partial charge in [-0.25, -0.2) is 12.7 Å². The maximum atomic E-state index is 11.4. The Morgan fingerprint density at radius 1 is 1.46 bits per heavy atom. The minimum absolute atomic E-state index is 0.0454. The summed E-state index contributed by atoms with van der Waals surface area (Å²) < 4.78 is 28.9. The van der Waals surface area contributed by atoms with Gasteiger partial charge in [0.25, 0.3) is 0 Å². The average Bonchev–Trinajstić information content (AvgIpc) is 2.10. The fourth-order valence-electron chi connectivity index (χ4n) is 0.753. The normalized spacial score (nSPS) is 12.3. The van der Waals surface area contributed by atoms with Crippen LogP contribution in [0.3, 0.4) is 0 Å². The van der Waals surface area contributed by atoms with E-state index < -0.39 is 10.0 Å². The lowest BCUT2D eigenvalue weighted by atomic mass is 10.6. The molecule has 5 nitrogen and oxygen atoms in total. The van der Waals surface area contributed by atoms with Crippen LogP contribution < -0.4 is 5.32 Å². The third-order valence-corrected chi connectivity index (χ3v) is 3.51. The number of likely N-dealkylation sites (N-methyl/N-ethyl adjacent to an activating group) is 2. The first kappa shape index (κ1) is 12.8. The molecule has 0 atom stereocenters. The van der Waals surface area contributed by atoms with Crippen LogP contribution in [0, 0.1) is 0 Å². The number of ether oxygens (including phenoxy) is 1. The molecule has 6 heteroatoms. The van der Waals surface area contributed by atoms with Crippen LogP contribution in [0.4, 0.5) is 0 Å². The van der Waals surface area contributed by atoms with E-state index in [1.54, 1.807) is 14.1 Å². The molecule has 0 fully saturated rings. The summed E-state index contributed by atoms with van der Waals surface area (Å²) in [5.74, 6) is 0.0454. The highest BCUT2D eigenvalue weighted by Crippen LogP contribution is 1.96. The van der Waals surface area contributed by atoms with Crippen LogP contribution in [0.15, 0.2) is 0 Å². The third kappa shape index (κ3) is 5.20. The van der Waals surface area contributed by atoms with Gasteiger partial charge in [0, 0.05) is 27.2 Å². The number of hydrogen-bond acceptors (Lipinski definition) is 4. The lowest BCUT2D eigenvalue weighted by Gasteiger charge is -2.16. The van der Waals surface area contributed by atoms with Crippen molar-refractivity contribution < 1.29 is 13.2 Å². The van der Waals surface area contributed by atoms with E-state index in [9.17, 15) is 8.42 Å². The lowest BCUT2D eigenvalue weighted by molar-refractivity contribution is 0.216. The van der Waals surface area contributed by atoms with Crippen LogP contribution >= 0.6 is 0 Å². The van der Waals surface area contributed by atoms with Gasteiger partial charge in [-0.15, -0.1) is 0 Å². The van der Waals surface area contributed by atoms with Crippen LogP contribution in [0.1, 0.15) is 0 Å². The first-order chi connectivity index (χ1) is 6.04. The SMILES string of the molecule is CNCCN(C)S(=O)(=O)CCOC. The van der Waals surface area contributed by atoms with Gasteiger partial charge in [-0.05, 0) is 7.05 Å². The van der Waals surface area contributed by atoms with E-state index in [0.29, 0.717) is 13.1 Å². The van der Waals surface area contributed by atoms with E-state index >= 15 is 0 Å². The second-order valence-corrected chi connectivity index (χ2v) is 4.93. The fourth-order valence-corrected chi connectivity index (χ4v) is 1.81. The van der Waals surface area contributed by atoms with E-state index in [4.69, 9.17) is 4.74 Å². The molecule has 0 saturated heterocycles. The second-order valence-electron chi connectivity index (χ2n) is 2.73. The Bertz CT molecular complexity index is 216. The summed E-state index contributed by atoms with van der Waals surface area (Å²) >= 11 is 0. The van der Waals surface area contributed by atoms with Gasteiger partial charge in [-0.1, -0.05) is 0 Å². The van der Waals surface area contributed by atoms with Crippen LogP contribution in [0.5, 0.6) is 0 Å². The van der Waals surface area contributed by atoms with E-state index in [2.05, 4.69) is 5.32 Å². The lowest BCUT2D eigenvalue weighted by Crippen LogP contribution is -2.35. The van der Waals surface area contributed by atoms with E-state index in [1.165, 1.54) is 11.4 Å². The number of hydrogen-bond donors (Lipinski definition) is 1. The zero-order chi connectivity index (χ0) is 10.3. The molecular formula is C7H18N2O3S. The predicted octanol–water partition coefficient (Wildman–Crippen LogP) is -0.886. The summed E-state index contributed by atoms with van der Waals surface area (Å²) in [4.78, 5) is 0. The van der Waals surface area contributed by atoms with Crippen molar-refractivity contribution >= 4 is 10.0 Å². The number of rotatable bonds is 7. The molecule has 0 aromatic rings. The molecule has 0 spiro atoms. The molecule has 0 aromatic carbocycles. The van der Waals surface area contributed by atoms with Gasteiger partial charge in [-0.2, -0.15) is 0 Å². The molecule has 80 valence electrons. The first-order valence-electron chi connectivity index (χ1n) is 4.12. The summed E-state index contributed by atoms with van der Waals surface area (Å²) in [7, 11) is 1.72. The quantitative estimate of drug-likeness (QED) is 0.592. The molecule has 0 aliphatic heterocycles. The largest absolute Gasteiger partial charge is 0.384 e. The molecule has 0 saturated carbocycles. The van der Waals surface area contributed by atoms with Gasteiger partial charge in [0.05, 0.1) is 12.4 Å². The molecule has 0 aliphatic rings. The highest BCUT2D eigenvalue weighted by Gasteiger charge is 2.16. The Hall–Kier alpha value is -0.170. The van der Waals surface area contributed by atoms with E-state index in [1.807, 2.05) is 0 Å². The zero-order valence-corrected chi connectivity index (χ0v) is 9.23.